The van der Waals surface area contributed by atoms with Crippen LogP contribution in [-0.2, 0) is 25.7 Å². The Labute approximate surface area is 166 Å². The van der Waals surface area contributed by atoms with E-state index in [2.05, 4.69) is 33.9 Å². The summed E-state index contributed by atoms with van der Waals surface area (Å²) < 4.78 is 38.3. The molecule has 0 unspecified atom stereocenters. The summed E-state index contributed by atoms with van der Waals surface area (Å²) in [5, 5.41) is 0. The number of H-pyrrole nitrogens is 1. The number of rotatable bonds is 3. The van der Waals surface area contributed by atoms with Crippen molar-refractivity contribution in [2.24, 2.45) is 0 Å². The Morgan fingerprint density at radius 1 is 1.10 bits per heavy atom. The lowest BCUT2D eigenvalue weighted by Gasteiger charge is -2.28. The molecule has 1 aliphatic rings. The topological polar surface area (TPSA) is 49.0 Å². The lowest BCUT2D eigenvalue weighted by Crippen LogP contribution is -2.35. The zero-order chi connectivity index (χ0) is 20.6. The molecule has 7 heteroatoms. The molecule has 1 N–H and O–H groups in total. The Balaban J connectivity index is 1.60. The Hall–Kier alpha value is -2.93. The van der Waals surface area contributed by atoms with Crippen LogP contribution in [0.5, 0.6) is 0 Å². The fourth-order valence-electron chi connectivity index (χ4n) is 3.61. The number of aryl methyl sites for hydroxylation is 1. The van der Waals surface area contributed by atoms with Crippen LogP contribution in [0.2, 0.25) is 0 Å². The van der Waals surface area contributed by atoms with Gasteiger partial charge in [-0.15, -0.1) is 0 Å². The largest absolute Gasteiger partial charge is 0.416 e. The summed E-state index contributed by atoms with van der Waals surface area (Å²) in [6, 6.07) is 12.8. The molecule has 0 amide bonds. The average Bonchev–Trinajstić information content (AvgIpc) is 2.69. The van der Waals surface area contributed by atoms with Gasteiger partial charge in [0.1, 0.15) is 5.82 Å². The van der Waals surface area contributed by atoms with E-state index in [0.29, 0.717) is 35.6 Å². The van der Waals surface area contributed by atoms with E-state index in [1.54, 1.807) is 0 Å². The molecule has 29 heavy (non-hydrogen) atoms. The third-order valence-corrected chi connectivity index (χ3v) is 5.29. The van der Waals surface area contributed by atoms with Crippen molar-refractivity contribution >= 4 is 0 Å². The second-order valence-electron chi connectivity index (χ2n) is 7.30. The number of nitrogens with one attached hydrogen (secondary N) is 1. The Bertz CT molecular complexity index is 1090. The summed E-state index contributed by atoms with van der Waals surface area (Å²) in [5.41, 5.74) is 3.27. The van der Waals surface area contributed by atoms with Crippen LogP contribution in [0.3, 0.4) is 0 Å². The normalized spacial score (nSPS) is 14.6. The zero-order valence-electron chi connectivity index (χ0n) is 15.9. The number of fused-ring (bicyclic) bond motifs is 1. The molecule has 150 valence electrons. The van der Waals surface area contributed by atoms with Crippen molar-refractivity contribution < 1.29 is 13.2 Å². The van der Waals surface area contributed by atoms with Gasteiger partial charge in [0.05, 0.1) is 11.3 Å². The molecule has 2 aromatic carbocycles. The minimum absolute atomic E-state index is 0.222. The van der Waals surface area contributed by atoms with Gasteiger partial charge in [-0.25, -0.2) is 4.98 Å². The summed E-state index contributed by atoms with van der Waals surface area (Å²) in [4.78, 5) is 22.0. The number of aromatic amines is 1. The maximum Gasteiger partial charge on any atom is 0.416 e. The molecule has 0 saturated heterocycles. The first-order valence-corrected chi connectivity index (χ1v) is 9.38. The number of halogens is 3. The summed E-state index contributed by atoms with van der Waals surface area (Å²) >= 11 is 0. The first-order chi connectivity index (χ1) is 13.8. The minimum Gasteiger partial charge on any atom is -0.306 e. The molecular weight excluding hydrogens is 379 g/mol. The van der Waals surface area contributed by atoms with E-state index < -0.39 is 11.7 Å². The lowest BCUT2D eigenvalue weighted by molar-refractivity contribution is -0.137. The van der Waals surface area contributed by atoms with Gasteiger partial charge in [-0.2, -0.15) is 13.2 Å². The van der Waals surface area contributed by atoms with Gasteiger partial charge in [0.15, 0.2) is 0 Å². The zero-order valence-corrected chi connectivity index (χ0v) is 15.9. The first kappa shape index (κ1) is 19.4. The summed E-state index contributed by atoms with van der Waals surface area (Å²) in [5.74, 6) is 0.292. The van der Waals surface area contributed by atoms with Gasteiger partial charge in [-0.3, -0.25) is 9.69 Å². The van der Waals surface area contributed by atoms with Gasteiger partial charge in [0.2, 0.25) is 0 Å². The van der Waals surface area contributed by atoms with Crippen molar-refractivity contribution in [2.75, 3.05) is 6.54 Å². The van der Waals surface area contributed by atoms with E-state index in [1.807, 2.05) is 12.1 Å². The molecule has 2 heterocycles. The number of nitrogens with zero attached hydrogens (tertiary/aromatic N) is 2. The maximum absolute atomic E-state index is 12.8. The molecule has 0 saturated carbocycles. The summed E-state index contributed by atoms with van der Waals surface area (Å²) in [7, 11) is 0. The van der Waals surface area contributed by atoms with Crippen LogP contribution in [0.1, 0.15) is 27.9 Å². The highest BCUT2D eigenvalue weighted by molar-refractivity contribution is 5.56. The molecular formula is C22H20F3N3O. The first-order valence-electron chi connectivity index (χ1n) is 9.38. The van der Waals surface area contributed by atoms with E-state index in [4.69, 9.17) is 0 Å². The summed E-state index contributed by atoms with van der Waals surface area (Å²) in [6.45, 7) is 4.11. The second-order valence-corrected chi connectivity index (χ2v) is 7.30. The van der Waals surface area contributed by atoms with Crippen LogP contribution >= 0.6 is 0 Å². The molecule has 3 aromatic rings. The fourth-order valence-corrected chi connectivity index (χ4v) is 3.61. The van der Waals surface area contributed by atoms with Crippen molar-refractivity contribution in [3.8, 4) is 11.4 Å². The predicted molar refractivity (Wildman–Crippen MR) is 104 cm³/mol. The third kappa shape index (κ3) is 4.10. The number of alkyl halides is 3. The highest BCUT2D eigenvalue weighted by Gasteiger charge is 2.30. The standard InChI is InChI=1S/C22H20F3N3O/c1-14-4-2-3-5-16(14)12-28-11-10-18-19(13-28)26-20(27-21(18)29)15-6-8-17(9-7-15)22(23,24)25/h2-9H,10-13H2,1H3,(H,26,27,29). The van der Waals surface area contributed by atoms with Crippen molar-refractivity contribution in [2.45, 2.75) is 32.6 Å². The Morgan fingerprint density at radius 3 is 2.52 bits per heavy atom. The predicted octanol–water partition coefficient (Wildman–Crippen LogP) is 4.32. The van der Waals surface area contributed by atoms with Crippen molar-refractivity contribution in [3.63, 3.8) is 0 Å². The number of hydrogen-bond donors (Lipinski definition) is 1. The molecule has 1 aliphatic heterocycles. The number of benzene rings is 2. The van der Waals surface area contributed by atoms with Gasteiger partial charge in [0, 0.05) is 30.8 Å². The smallest absolute Gasteiger partial charge is 0.306 e. The monoisotopic (exact) mass is 399 g/mol. The Morgan fingerprint density at radius 2 is 1.83 bits per heavy atom. The average molecular weight is 399 g/mol. The Kier molecular flexibility index (Phi) is 5.00. The second kappa shape index (κ2) is 7.48. The molecule has 1 aromatic heterocycles. The molecule has 0 spiro atoms. The van der Waals surface area contributed by atoms with Gasteiger partial charge in [-0.1, -0.05) is 36.4 Å². The van der Waals surface area contributed by atoms with E-state index >= 15 is 0 Å². The van der Waals surface area contributed by atoms with Crippen LogP contribution in [0.4, 0.5) is 13.2 Å². The molecule has 0 aliphatic carbocycles. The van der Waals surface area contributed by atoms with Crippen LogP contribution in [0.25, 0.3) is 11.4 Å². The van der Waals surface area contributed by atoms with Crippen LogP contribution < -0.4 is 5.56 Å². The molecule has 0 radical (unpaired) electrons. The van der Waals surface area contributed by atoms with E-state index in [0.717, 1.165) is 25.2 Å². The number of hydrogen-bond acceptors (Lipinski definition) is 3. The van der Waals surface area contributed by atoms with Gasteiger partial charge in [-0.05, 0) is 36.6 Å². The number of aromatic nitrogens is 2. The molecule has 0 atom stereocenters. The maximum atomic E-state index is 12.8. The molecule has 0 fully saturated rings. The molecule has 4 rings (SSSR count). The van der Waals surface area contributed by atoms with Crippen molar-refractivity contribution in [1.29, 1.82) is 0 Å². The van der Waals surface area contributed by atoms with Gasteiger partial charge in [0.25, 0.3) is 5.56 Å². The third-order valence-electron chi connectivity index (χ3n) is 5.29. The minimum atomic E-state index is -4.40. The van der Waals surface area contributed by atoms with E-state index in [9.17, 15) is 18.0 Å². The van der Waals surface area contributed by atoms with Gasteiger partial charge < -0.3 is 4.98 Å². The molecule has 0 bridgehead atoms. The lowest BCUT2D eigenvalue weighted by atomic mass is 10.0. The van der Waals surface area contributed by atoms with Crippen molar-refractivity contribution in [1.82, 2.24) is 14.9 Å². The van der Waals surface area contributed by atoms with E-state index in [1.165, 1.54) is 23.3 Å². The SMILES string of the molecule is Cc1ccccc1CN1CCc2c(nc(-c3ccc(C(F)(F)F)cc3)[nH]c2=O)C1. The van der Waals surface area contributed by atoms with Crippen LogP contribution in [0, 0.1) is 6.92 Å². The van der Waals surface area contributed by atoms with Crippen LogP contribution in [-0.4, -0.2) is 21.4 Å². The fraction of sp³-hybridized carbons (Fsp3) is 0.273. The summed E-state index contributed by atoms with van der Waals surface area (Å²) in [6.07, 6.45) is -3.80. The van der Waals surface area contributed by atoms with Gasteiger partial charge >= 0.3 is 6.18 Å². The molecule has 4 nitrogen and oxygen atoms in total. The highest BCUT2D eigenvalue weighted by atomic mass is 19.4. The quantitative estimate of drug-likeness (QED) is 0.714. The van der Waals surface area contributed by atoms with Crippen LogP contribution in [0.15, 0.2) is 53.3 Å². The highest BCUT2D eigenvalue weighted by Crippen LogP contribution is 2.30. The van der Waals surface area contributed by atoms with Crippen molar-refractivity contribution in [3.05, 3.63) is 86.8 Å². The van der Waals surface area contributed by atoms with E-state index in [-0.39, 0.29) is 5.56 Å².